The number of urea groups is 1. The number of carbonyl (C=O) groups is 2. The number of carbonyl (C=O) groups excluding carboxylic acids is 1. The van der Waals surface area contributed by atoms with Crippen LogP contribution in [0.2, 0.25) is 0 Å². The normalized spacial score (nSPS) is 14.9. The maximum atomic E-state index is 12.0. The van der Waals surface area contributed by atoms with Gasteiger partial charge in [-0.3, -0.25) is 9.78 Å². The number of likely N-dealkylation sites (tertiary alicyclic amines) is 1. The van der Waals surface area contributed by atoms with Gasteiger partial charge in [0.2, 0.25) is 0 Å². The zero-order valence-electron chi connectivity index (χ0n) is 10.8. The lowest BCUT2D eigenvalue weighted by atomic mass is 10.0. The first kappa shape index (κ1) is 13.3. The van der Waals surface area contributed by atoms with E-state index < -0.39 is 11.9 Å². The van der Waals surface area contributed by atoms with Crippen molar-refractivity contribution in [2.45, 2.75) is 6.42 Å². The van der Waals surface area contributed by atoms with Crippen LogP contribution in [0.3, 0.4) is 0 Å². The van der Waals surface area contributed by atoms with E-state index in [1.165, 1.54) is 0 Å². The van der Waals surface area contributed by atoms with E-state index in [0.717, 1.165) is 12.0 Å². The smallest absolute Gasteiger partial charge is 0.319 e. The molecule has 1 aromatic rings. The predicted molar refractivity (Wildman–Crippen MR) is 68.7 cm³/mol. The van der Waals surface area contributed by atoms with Crippen molar-refractivity contribution in [3.63, 3.8) is 0 Å². The Balaban J connectivity index is 1.76. The highest BCUT2D eigenvalue weighted by atomic mass is 16.4. The van der Waals surface area contributed by atoms with E-state index >= 15 is 0 Å². The number of nitrogens with zero attached hydrogens (tertiary/aromatic N) is 3. The average molecular weight is 263 g/mol. The van der Waals surface area contributed by atoms with Crippen LogP contribution in [0, 0.1) is 5.92 Å². The molecular formula is C13H17N3O3. The van der Waals surface area contributed by atoms with Gasteiger partial charge in [-0.2, -0.15) is 0 Å². The molecule has 1 aliphatic heterocycles. The molecule has 6 nitrogen and oxygen atoms in total. The summed E-state index contributed by atoms with van der Waals surface area (Å²) in [6, 6.07) is 3.73. The van der Waals surface area contributed by atoms with Crippen molar-refractivity contribution in [2.75, 3.05) is 26.7 Å². The molecule has 0 aliphatic carbocycles. The summed E-state index contributed by atoms with van der Waals surface area (Å²) >= 11 is 0. The topological polar surface area (TPSA) is 73.7 Å². The highest BCUT2D eigenvalue weighted by Crippen LogP contribution is 2.17. The van der Waals surface area contributed by atoms with Gasteiger partial charge in [0, 0.05) is 39.1 Å². The van der Waals surface area contributed by atoms with E-state index in [0.29, 0.717) is 19.6 Å². The van der Waals surface area contributed by atoms with Crippen LogP contribution >= 0.6 is 0 Å². The molecule has 2 amide bonds. The number of likely N-dealkylation sites (N-methyl/N-ethyl adjacent to an activating group) is 1. The number of pyridine rings is 1. The average Bonchev–Trinajstić information content (AvgIpc) is 2.34. The second-order valence-electron chi connectivity index (χ2n) is 4.75. The quantitative estimate of drug-likeness (QED) is 0.867. The Morgan fingerprint density at radius 2 is 2.05 bits per heavy atom. The Morgan fingerprint density at radius 1 is 1.42 bits per heavy atom. The second-order valence-corrected chi connectivity index (χ2v) is 4.75. The van der Waals surface area contributed by atoms with Crippen molar-refractivity contribution in [3.8, 4) is 0 Å². The number of hydrogen-bond donors (Lipinski definition) is 1. The van der Waals surface area contributed by atoms with Crippen LogP contribution in [0.1, 0.15) is 5.56 Å². The highest BCUT2D eigenvalue weighted by Gasteiger charge is 2.36. The SMILES string of the molecule is CN(CCc1ccncc1)C(=O)N1CC(C(=O)O)C1. The summed E-state index contributed by atoms with van der Waals surface area (Å²) in [6.45, 7) is 1.23. The zero-order chi connectivity index (χ0) is 13.8. The third-order valence-corrected chi connectivity index (χ3v) is 3.31. The summed E-state index contributed by atoms with van der Waals surface area (Å²) in [5.41, 5.74) is 1.13. The van der Waals surface area contributed by atoms with Crippen LogP contribution in [0.15, 0.2) is 24.5 Å². The molecule has 1 saturated heterocycles. The van der Waals surface area contributed by atoms with Gasteiger partial charge in [-0.1, -0.05) is 0 Å². The molecular weight excluding hydrogens is 246 g/mol. The highest BCUT2D eigenvalue weighted by molar-refractivity contribution is 5.79. The minimum Gasteiger partial charge on any atom is -0.481 e. The van der Waals surface area contributed by atoms with Gasteiger partial charge in [0.05, 0.1) is 5.92 Å². The predicted octanol–water partition coefficient (Wildman–Crippen LogP) is 0.692. The minimum absolute atomic E-state index is 0.105. The number of carboxylic acid groups (broad SMARTS) is 1. The molecule has 0 saturated carbocycles. The van der Waals surface area contributed by atoms with Crippen molar-refractivity contribution in [1.29, 1.82) is 0 Å². The Labute approximate surface area is 111 Å². The molecule has 6 heteroatoms. The van der Waals surface area contributed by atoms with E-state index in [1.807, 2.05) is 12.1 Å². The standard InChI is InChI=1S/C13H17N3O3/c1-15(7-4-10-2-5-14-6-3-10)13(19)16-8-11(9-16)12(17)18/h2-3,5-6,11H,4,7-9H2,1H3,(H,17,18). The summed E-state index contributed by atoms with van der Waals surface area (Å²) in [7, 11) is 1.73. The van der Waals surface area contributed by atoms with E-state index in [1.54, 1.807) is 29.2 Å². The van der Waals surface area contributed by atoms with Gasteiger partial charge in [-0.25, -0.2) is 4.79 Å². The third kappa shape index (κ3) is 3.21. The molecule has 1 fully saturated rings. The molecule has 1 aliphatic rings. The number of aromatic nitrogens is 1. The van der Waals surface area contributed by atoms with Crippen LogP contribution < -0.4 is 0 Å². The molecule has 2 rings (SSSR count). The third-order valence-electron chi connectivity index (χ3n) is 3.31. The van der Waals surface area contributed by atoms with E-state index in [-0.39, 0.29) is 6.03 Å². The van der Waals surface area contributed by atoms with Crippen molar-refractivity contribution in [3.05, 3.63) is 30.1 Å². The first-order valence-corrected chi connectivity index (χ1v) is 6.19. The molecule has 19 heavy (non-hydrogen) atoms. The Bertz CT molecular complexity index is 457. The van der Waals surface area contributed by atoms with E-state index in [2.05, 4.69) is 4.98 Å². The fraction of sp³-hybridized carbons (Fsp3) is 0.462. The number of amides is 2. The summed E-state index contributed by atoms with van der Waals surface area (Å²) in [5, 5.41) is 8.77. The summed E-state index contributed by atoms with van der Waals surface area (Å²) in [4.78, 5) is 29.8. The first-order chi connectivity index (χ1) is 9.08. The molecule has 0 spiro atoms. The van der Waals surface area contributed by atoms with Gasteiger partial charge < -0.3 is 14.9 Å². The van der Waals surface area contributed by atoms with E-state index in [9.17, 15) is 9.59 Å². The van der Waals surface area contributed by atoms with Gasteiger partial charge in [0.15, 0.2) is 0 Å². The molecule has 0 atom stereocenters. The van der Waals surface area contributed by atoms with Crippen LogP contribution in [-0.4, -0.2) is 58.6 Å². The van der Waals surface area contributed by atoms with Crippen molar-refractivity contribution in [1.82, 2.24) is 14.8 Å². The monoisotopic (exact) mass is 263 g/mol. The Morgan fingerprint density at radius 3 is 2.63 bits per heavy atom. The lowest BCUT2D eigenvalue weighted by Gasteiger charge is -2.39. The maximum Gasteiger partial charge on any atom is 0.319 e. The largest absolute Gasteiger partial charge is 0.481 e. The minimum atomic E-state index is -0.830. The molecule has 102 valence electrons. The van der Waals surface area contributed by atoms with Gasteiger partial charge in [-0.15, -0.1) is 0 Å². The summed E-state index contributed by atoms with van der Waals surface area (Å²) in [5.74, 6) is -1.24. The molecule has 1 aromatic heterocycles. The van der Waals surface area contributed by atoms with Gasteiger partial charge in [0.1, 0.15) is 0 Å². The van der Waals surface area contributed by atoms with Gasteiger partial charge >= 0.3 is 12.0 Å². The van der Waals surface area contributed by atoms with Gasteiger partial charge in [0.25, 0.3) is 0 Å². The Hall–Kier alpha value is -2.11. The van der Waals surface area contributed by atoms with Crippen LogP contribution in [0.25, 0.3) is 0 Å². The van der Waals surface area contributed by atoms with Crippen LogP contribution in [-0.2, 0) is 11.2 Å². The number of hydrogen-bond acceptors (Lipinski definition) is 3. The molecule has 2 heterocycles. The molecule has 1 N–H and O–H groups in total. The summed E-state index contributed by atoms with van der Waals surface area (Å²) in [6.07, 6.45) is 4.22. The van der Waals surface area contributed by atoms with Crippen LogP contribution in [0.4, 0.5) is 4.79 Å². The van der Waals surface area contributed by atoms with Crippen LogP contribution in [0.5, 0.6) is 0 Å². The lowest BCUT2D eigenvalue weighted by molar-refractivity contribution is -0.146. The first-order valence-electron chi connectivity index (χ1n) is 6.19. The van der Waals surface area contributed by atoms with Crippen molar-refractivity contribution >= 4 is 12.0 Å². The summed E-state index contributed by atoms with van der Waals surface area (Å²) < 4.78 is 0. The number of carboxylic acids is 1. The fourth-order valence-corrected chi connectivity index (χ4v) is 1.97. The van der Waals surface area contributed by atoms with Crippen molar-refractivity contribution < 1.29 is 14.7 Å². The second kappa shape index (κ2) is 5.69. The molecule has 0 bridgehead atoms. The fourth-order valence-electron chi connectivity index (χ4n) is 1.97. The number of aliphatic carboxylic acids is 1. The number of rotatable bonds is 4. The van der Waals surface area contributed by atoms with Crippen molar-refractivity contribution in [2.24, 2.45) is 5.92 Å². The maximum absolute atomic E-state index is 12.0. The zero-order valence-corrected chi connectivity index (χ0v) is 10.8. The van der Waals surface area contributed by atoms with E-state index in [4.69, 9.17) is 5.11 Å². The Kier molecular flexibility index (Phi) is 3.99. The lowest BCUT2D eigenvalue weighted by Crippen LogP contribution is -2.56. The molecule has 0 radical (unpaired) electrons. The molecule has 0 unspecified atom stereocenters. The molecule has 0 aromatic carbocycles. The van der Waals surface area contributed by atoms with Gasteiger partial charge in [-0.05, 0) is 24.1 Å².